The summed E-state index contributed by atoms with van der Waals surface area (Å²) < 4.78 is 37.1. The molecule has 2 rings (SSSR count). The Kier molecular flexibility index (Phi) is 5.08. The number of esters is 1. The SMILES string of the molecule is COc1ccc(C(=O)OC(C)C)cc1S(=O)(=O)N1CCCC1. The summed E-state index contributed by atoms with van der Waals surface area (Å²) in [6.07, 6.45) is 1.42. The summed E-state index contributed by atoms with van der Waals surface area (Å²) in [5, 5.41) is 0. The monoisotopic (exact) mass is 327 g/mol. The molecule has 1 aromatic rings. The molecule has 0 bridgehead atoms. The first-order valence-corrected chi connectivity index (χ1v) is 8.69. The quantitative estimate of drug-likeness (QED) is 0.774. The van der Waals surface area contributed by atoms with E-state index in [2.05, 4.69) is 0 Å². The third kappa shape index (κ3) is 3.41. The van der Waals surface area contributed by atoms with Crippen molar-refractivity contribution in [2.24, 2.45) is 0 Å². The van der Waals surface area contributed by atoms with Crippen molar-refractivity contribution in [1.82, 2.24) is 4.31 Å². The number of methoxy groups -OCH3 is 1. The first-order chi connectivity index (χ1) is 10.4. The first-order valence-electron chi connectivity index (χ1n) is 7.25. The van der Waals surface area contributed by atoms with Gasteiger partial charge in [-0.05, 0) is 44.9 Å². The summed E-state index contributed by atoms with van der Waals surface area (Å²) in [5.74, 6) is -0.316. The van der Waals surface area contributed by atoms with E-state index >= 15 is 0 Å². The number of rotatable bonds is 5. The van der Waals surface area contributed by atoms with Crippen LogP contribution in [0.5, 0.6) is 5.75 Å². The summed E-state index contributed by atoms with van der Waals surface area (Å²) >= 11 is 0. The van der Waals surface area contributed by atoms with Gasteiger partial charge in [-0.2, -0.15) is 4.31 Å². The standard InChI is InChI=1S/C15H21NO5S/c1-11(2)21-15(17)12-6-7-13(20-3)14(10-12)22(18,19)16-8-4-5-9-16/h6-7,10-11H,4-5,8-9H2,1-3H3. The van der Waals surface area contributed by atoms with Crippen molar-refractivity contribution < 1.29 is 22.7 Å². The van der Waals surface area contributed by atoms with Gasteiger partial charge in [-0.1, -0.05) is 0 Å². The molecule has 1 heterocycles. The molecule has 0 unspecified atom stereocenters. The van der Waals surface area contributed by atoms with E-state index in [9.17, 15) is 13.2 Å². The number of sulfonamides is 1. The molecular weight excluding hydrogens is 306 g/mol. The smallest absolute Gasteiger partial charge is 0.338 e. The molecule has 1 aliphatic rings. The van der Waals surface area contributed by atoms with Gasteiger partial charge in [-0.15, -0.1) is 0 Å². The molecule has 0 amide bonds. The van der Waals surface area contributed by atoms with E-state index in [-0.39, 0.29) is 22.3 Å². The Balaban J connectivity index is 2.42. The van der Waals surface area contributed by atoms with Crippen molar-refractivity contribution in [2.75, 3.05) is 20.2 Å². The van der Waals surface area contributed by atoms with Gasteiger partial charge in [0.2, 0.25) is 10.0 Å². The van der Waals surface area contributed by atoms with Gasteiger partial charge in [-0.25, -0.2) is 13.2 Å². The predicted molar refractivity (Wildman–Crippen MR) is 81.5 cm³/mol. The normalized spacial score (nSPS) is 16.0. The third-order valence-corrected chi connectivity index (χ3v) is 5.34. The Bertz CT molecular complexity index is 648. The molecule has 1 aromatic carbocycles. The van der Waals surface area contributed by atoms with Gasteiger partial charge in [0.05, 0.1) is 18.8 Å². The summed E-state index contributed by atoms with van der Waals surface area (Å²) in [7, 11) is -2.26. The maximum Gasteiger partial charge on any atom is 0.338 e. The molecule has 6 nitrogen and oxygen atoms in total. The number of benzene rings is 1. The minimum atomic E-state index is -3.67. The van der Waals surface area contributed by atoms with Crippen molar-refractivity contribution in [3.63, 3.8) is 0 Å². The highest BCUT2D eigenvalue weighted by atomic mass is 32.2. The van der Waals surface area contributed by atoms with Crippen LogP contribution in [0.3, 0.4) is 0 Å². The molecule has 0 aromatic heterocycles. The Labute approximate surface area is 131 Å². The molecule has 0 aliphatic carbocycles. The zero-order chi connectivity index (χ0) is 16.3. The first kappa shape index (κ1) is 16.8. The van der Waals surface area contributed by atoms with Crippen LogP contribution in [0.2, 0.25) is 0 Å². The van der Waals surface area contributed by atoms with Crippen molar-refractivity contribution in [3.8, 4) is 5.75 Å². The van der Waals surface area contributed by atoms with E-state index in [0.29, 0.717) is 13.1 Å². The molecule has 122 valence electrons. The van der Waals surface area contributed by atoms with Gasteiger partial charge in [0.1, 0.15) is 10.6 Å². The minimum absolute atomic E-state index is 0.00936. The van der Waals surface area contributed by atoms with Gasteiger partial charge in [0, 0.05) is 13.1 Å². The second-order valence-electron chi connectivity index (χ2n) is 5.43. The van der Waals surface area contributed by atoms with Crippen LogP contribution in [-0.2, 0) is 14.8 Å². The largest absolute Gasteiger partial charge is 0.495 e. The van der Waals surface area contributed by atoms with Gasteiger partial charge in [0.15, 0.2) is 0 Å². The topological polar surface area (TPSA) is 72.9 Å². The number of hydrogen-bond donors (Lipinski definition) is 0. The van der Waals surface area contributed by atoms with Gasteiger partial charge in [0.25, 0.3) is 0 Å². The van der Waals surface area contributed by atoms with Crippen molar-refractivity contribution in [3.05, 3.63) is 23.8 Å². The summed E-state index contributed by atoms with van der Waals surface area (Å²) in [4.78, 5) is 12.0. The maximum absolute atomic E-state index is 12.7. The lowest BCUT2D eigenvalue weighted by molar-refractivity contribution is 0.0377. The van der Waals surface area contributed by atoms with Crippen molar-refractivity contribution >= 4 is 16.0 Å². The fourth-order valence-corrected chi connectivity index (χ4v) is 4.05. The fraction of sp³-hybridized carbons (Fsp3) is 0.533. The van der Waals surface area contributed by atoms with Crippen LogP contribution in [0, 0.1) is 0 Å². The van der Waals surface area contributed by atoms with Crippen LogP contribution in [-0.4, -0.2) is 45.0 Å². The average molecular weight is 327 g/mol. The molecule has 1 fully saturated rings. The minimum Gasteiger partial charge on any atom is -0.495 e. The van der Waals surface area contributed by atoms with Crippen molar-refractivity contribution in [2.45, 2.75) is 37.7 Å². The summed E-state index contributed by atoms with van der Waals surface area (Å²) in [5.41, 5.74) is 0.201. The lowest BCUT2D eigenvalue weighted by Gasteiger charge is -2.18. The number of carbonyl (C=O) groups excluding carboxylic acids is 1. The molecule has 0 spiro atoms. The summed E-state index contributed by atoms with van der Waals surface area (Å²) in [6.45, 7) is 4.46. The van der Waals surface area contributed by atoms with E-state index in [1.54, 1.807) is 13.8 Å². The van der Waals surface area contributed by atoms with E-state index in [0.717, 1.165) is 12.8 Å². The molecule has 0 N–H and O–H groups in total. The number of hydrogen-bond acceptors (Lipinski definition) is 5. The Morgan fingerprint density at radius 1 is 1.23 bits per heavy atom. The number of carbonyl (C=O) groups is 1. The van der Waals surface area contributed by atoms with Crippen LogP contribution in [0.15, 0.2) is 23.1 Å². The lowest BCUT2D eigenvalue weighted by atomic mass is 10.2. The van der Waals surface area contributed by atoms with Crippen LogP contribution in [0.25, 0.3) is 0 Å². The second-order valence-corrected chi connectivity index (χ2v) is 7.34. The van der Waals surface area contributed by atoms with E-state index < -0.39 is 16.0 Å². The van der Waals surface area contributed by atoms with Gasteiger partial charge in [-0.3, -0.25) is 0 Å². The molecule has 0 radical (unpaired) electrons. The highest BCUT2D eigenvalue weighted by molar-refractivity contribution is 7.89. The molecule has 1 saturated heterocycles. The highest BCUT2D eigenvalue weighted by Crippen LogP contribution is 2.30. The van der Waals surface area contributed by atoms with E-state index in [1.165, 1.54) is 29.6 Å². The zero-order valence-corrected chi connectivity index (χ0v) is 13.9. The lowest BCUT2D eigenvalue weighted by Crippen LogP contribution is -2.28. The van der Waals surface area contributed by atoms with Crippen LogP contribution < -0.4 is 4.74 Å². The summed E-state index contributed by atoms with van der Waals surface area (Å²) in [6, 6.07) is 4.32. The zero-order valence-electron chi connectivity index (χ0n) is 13.0. The van der Waals surface area contributed by atoms with Crippen LogP contribution in [0.1, 0.15) is 37.0 Å². The molecule has 0 atom stereocenters. The molecule has 1 aliphatic heterocycles. The van der Waals surface area contributed by atoms with E-state index in [4.69, 9.17) is 9.47 Å². The molecule has 0 saturated carbocycles. The van der Waals surface area contributed by atoms with Gasteiger partial charge >= 0.3 is 5.97 Å². The van der Waals surface area contributed by atoms with Crippen LogP contribution in [0.4, 0.5) is 0 Å². The fourth-order valence-electron chi connectivity index (χ4n) is 2.35. The number of ether oxygens (including phenoxy) is 2. The Morgan fingerprint density at radius 2 is 1.86 bits per heavy atom. The van der Waals surface area contributed by atoms with Crippen molar-refractivity contribution in [1.29, 1.82) is 0 Å². The van der Waals surface area contributed by atoms with Gasteiger partial charge < -0.3 is 9.47 Å². The second kappa shape index (κ2) is 6.66. The molecular formula is C15H21NO5S. The number of nitrogens with zero attached hydrogens (tertiary/aromatic N) is 1. The molecule has 7 heteroatoms. The Hall–Kier alpha value is -1.60. The third-order valence-electron chi connectivity index (χ3n) is 3.42. The average Bonchev–Trinajstić information content (AvgIpc) is 3.00. The highest BCUT2D eigenvalue weighted by Gasteiger charge is 2.30. The van der Waals surface area contributed by atoms with E-state index in [1.807, 2.05) is 0 Å². The van der Waals surface area contributed by atoms with Crippen LogP contribution >= 0.6 is 0 Å². The maximum atomic E-state index is 12.7. The molecule has 22 heavy (non-hydrogen) atoms. The predicted octanol–water partition coefficient (Wildman–Crippen LogP) is 2.04. The Morgan fingerprint density at radius 3 is 2.41 bits per heavy atom.